The number of hydrogen-bond acceptors (Lipinski definition) is 3. The summed E-state index contributed by atoms with van der Waals surface area (Å²) in [4.78, 5) is 16.4. The van der Waals surface area contributed by atoms with Gasteiger partial charge >= 0.3 is 0 Å². The van der Waals surface area contributed by atoms with Crippen LogP contribution in [-0.2, 0) is 0 Å². The van der Waals surface area contributed by atoms with Crippen molar-refractivity contribution >= 4 is 22.4 Å². The first-order valence-electron chi connectivity index (χ1n) is 6.20. The molecule has 2 aromatic carbocycles. The first-order valence-corrected chi connectivity index (χ1v) is 7.08. The second-order valence-electron chi connectivity index (χ2n) is 4.22. The van der Waals surface area contributed by atoms with E-state index in [-0.39, 0.29) is 5.91 Å². The monoisotopic (exact) mass is 280 g/mol. The van der Waals surface area contributed by atoms with Gasteiger partial charge in [0.2, 0.25) is 0 Å². The summed E-state index contributed by atoms with van der Waals surface area (Å²) in [5, 5.41) is 5.37. The van der Waals surface area contributed by atoms with E-state index in [0.29, 0.717) is 10.7 Å². The average Bonchev–Trinajstić information content (AvgIpc) is 2.97. The molecule has 1 amide bonds. The fraction of sp³-hybridized carbons (Fsp3) is 0. The van der Waals surface area contributed by atoms with Gasteiger partial charge in [0.15, 0.2) is 5.13 Å². The third-order valence-electron chi connectivity index (χ3n) is 2.83. The summed E-state index contributed by atoms with van der Waals surface area (Å²) in [5.41, 5.74) is 2.55. The minimum Gasteiger partial charge on any atom is -0.298 e. The number of carbonyl (C=O) groups is 1. The van der Waals surface area contributed by atoms with Gasteiger partial charge in [-0.3, -0.25) is 10.1 Å². The van der Waals surface area contributed by atoms with E-state index < -0.39 is 0 Å². The number of rotatable bonds is 3. The summed E-state index contributed by atoms with van der Waals surface area (Å²) in [5.74, 6) is -0.139. The van der Waals surface area contributed by atoms with Gasteiger partial charge in [-0.2, -0.15) is 0 Å². The summed E-state index contributed by atoms with van der Waals surface area (Å²) in [6, 6.07) is 19.0. The first-order chi connectivity index (χ1) is 9.83. The number of nitrogens with zero attached hydrogens (tertiary/aromatic N) is 1. The van der Waals surface area contributed by atoms with Crippen molar-refractivity contribution in [1.29, 1.82) is 0 Å². The topological polar surface area (TPSA) is 42.0 Å². The van der Waals surface area contributed by atoms with Crippen molar-refractivity contribution < 1.29 is 4.79 Å². The van der Waals surface area contributed by atoms with Crippen molar-refractivity contribution in [2.24, 2.45) is 0 Å². The highest BCUT2D eigenvalue weighted by molar-refractivity contribution is 7.14. The van der Waals surface area contributed by atoms with E-state index in [1.807, 2.05) is 53.9 Å². The van der Waals surface area contributed by atoms with Crippen molar-refractivity contribution in [2.75, 3.05) is 5.32 Å². The molecule has 0 spiro atoms. The van der Waals surface area contributed by atoms with Gasteiger partial charge < -0.3 is 0 Å². The van der Waals surface area contributed by atoms with Gasteiger partial charge in [-0.1, -0.05) is 48.5 Å². The molecular weight excluding hydrogens is 268 g/mol. The van der Waals surface area contributed by atoms with Crippen molar-refractivity contribution in [2.45, 2.75) is 0 Å². The van der Waals surface area contributed by atoms with Crippen LogP contribution in [0.5, 0.6) is 0 Å². The second-order valence-corrected chi connectivity index (χ2v) is 5.08. The van der Waals surface area contributed by atoms with E-state index in [1.165, 1.54) is 11.3 Å². The maximum atomic E-state index is 12.0. The maximum absolute atomic E-state index is 12.0. The summed E-state index contributed by atoms with van der Waals surface area (Å²) in [6.07, 6.45) is 0. The quantitative estimate of drug-likeness (QED) is 0.786. The van der Waals surface area contributed by atoms with Crippen LogP contribution >= 0.6 is 11.3 Å². The summed E-state index contributed by atoms with van der Waals surface area (Å²) < 4.78 is 0. The first kappa shape index (κ1) is 12.6. The zero-order chi connectivity index (χ0) is 13.8. The molecule has 0 aliphatic heterocycles. The Morgan fingerprint density at radius 1 is 0.950 bits per heavy atom. The maximum Gasteiger partial charge on any atom is 0.257 e. The predicted molar refractivity (Wildman–Crippen MR) is 81.9 cm³/mol. The molecule has 0 aliphatic carbocycles. The van der Waals surface area contributed by atoms with Crippen molar-refractivity contribution in [1.82, 2.24) is 4.98 Å². The van der Waals surface area contributed by atoms with Gasteiger partial charge in [-0.25, -0.2) is 4.98 Å². The Labute approximate surface area is 120 Å². The normalized spacial score (nSPS) is 10.2. The minimum absolute atomic E-state index is 0.139. The minimum atomic E-state index is -0.139. The van der Waals surface area contributed by atoms with Crippen LogP contribution in [0.2, 0.25) is 0 Å². The molecule has 3 nitrogen and oxygen atoms in total. The van der Waals surface area contributed by atoms with Crippen LogP contribution in [0.4, 0.5) is 5.13 Å². The molecule has 0 radical (unpaired) electrons. The van der Waals surface area contributed by atoms with Crippen LogP contribution in [0.3, 0.4) is 0 Å². The number of benzene rings is 2. The van der Waals surface area contributed by atoms with Crippen molar-refractivity contribution in [3.8, 4) is 11.3 Å². The van der Waals surface area contributed by atoms with Crippen LogP contribution < -0.4 is 5.32 Å². The zero-order valence-corrected chi connectivity index (χ0v) is 11.4. The van der Waals surface area contributed by atoms with Gasteiger partial charge in [0.1, 0.15) is 0 Å². The Morgan fingerprint density at radius 3 is 2.30 bits per heavy atom. The molecule has 0 atom stereocenters. The largest absolute Gasteiger partial charge is 0.298 e. The summed E-state index contributed by atoms with van der Waals surface area (Å²) in [6.45, 7) is 0. The Kier molecular flexibility index (Phi) is 3.56. The van der Waals surface area contributed by atoms with Gasteiger partial charge in [0, 0.05) is 16.5 Å². The molecule has 4 heteroatoms. The molecule has 20 heavy (non-hydrogen) atoms. The molecule has 1 N–H and O–H groups in total. The number of aromatic nitrogens is 1. The highest BCUT2D eigenvalue weighted by atomic mass is 32.1. The number of carbonyl (C=O) groups excluding carboxylic acids is 1. The predicted octanol–water partition coefficient (Wildman–Crippen LogP) is 4.06. The lowest BCUT2D eigenvalue weighted by Crippen LogP contribution is -2.11. The lowest BCUT2D eigenvalue weighted by atomic mass is 10.2. The van der Waals surface area contributed by atoms with Gasteiger partial charge in [-0.15, -0.1) is 11.3 Å². The van der Waals surface area contributed by atoms with E-state index in [1.54, 1.807) is 12.1 Å². The van der Waals surface area contributed by atoms with E-state index in [2.05, 4.69) is 10.3 Å². The summed E-state index contributed by atoms with van der Waals surface area (Å²) >= 11 is 1.42. The van der Waals surface area contributed by atoms with Crippen LogP contribution in [-0.4, -0.2) is 10.9 Å². The van der Waals surface area contributed by atoms with Gasteiger partial charge in [-0.05, 0) is 12.1 Å². The molecule has 0 unspecified atom stereocenters. The third kappa shape index (κ3) is 2.75. The number of amides is 1. The Bertz CT molecular complexity index is 708. The Morgan fingerprint density at radius 2 is 1.60 bits per heavy atom. The van der Waals surface area contributed by atoms with Gasteiger partial charge in [0.05, 0.1) is 5.69 Å². The fourth-order valence-electron chi connectivity index (χ4n) is 1.83. The molecule has 1 heterocycles. The van der Waals surface area contributed by atoms with E-state index >= 15 is 0 Å². The van der Waals surface area contributed by atoms with Crippen LogP contribution in [0.1, 0.15) is 10.4 Å². The zero-order valence-electron chi connectivity index (χ0n) is 10.6. The molecule has 0 bridgehead atoms. The Balaban J connectivity index is 1.77. The number of anilines is 1. The molecule has 3 rings (SSSR count). The molecule has 1 aromatic heterocycles. The van der Waals surface area contributed by atoms with Crippen LogP contribution in [0, 0.1) is 0 Å². The Hall–Kier alpha value is -2.46. The fourth-order valence-corrected chi connectivity index (χ4v) is 2.55. The van der Waals surface area contributed by atoms with E-state index in [0.717, 1.165) is 11.3 Å². The summed E-state index contributed by atoms with van der Waals surface area (Å²) in [7, 11) is 0. The lowest BCUT2D eigenvalue weighted by molar-refractivity contribution is 0.102. The van der Waals surface area contributed by atoms with E-state index in [9.17, 15) is 4.79 Å². The van der Waals surface area contributed by atoms with E-state index in [4.69, 9.17) is 0 Å². The number of hydrogen-bond donors (Lipinski definition) is 1. The molecule has 0 saturated carbocycles. The lowest BCUT2D eigenvalue weighted by Gasteiger charge is -2.00. The molecule has 0 fully saturated rings. The number of thiazole rings is 1. The third-order valence-corrected chi connectivity index (χ3v) is 3.59. The standard InChI is InChI=1S/C16H12N2OS/c19-15(13-9-5-2-6-10-13)18-16-17-14(11-20-16)12-7-3-1-4-8-12/h1-11H,(H,17,18,19). The SMILES string of the molecule is O=C(Nc1nc(-c2ccccc2)cs1)c1ccccc1. The highest BCUT2D eigenvalue weighted by Gasteiger charge is 2.09. The van der Waals surface area contributed by atoms with Gasteiger partial charge in [0.25, 0.3) is 5.91 Å². The molecule has 0 aliphatic rings. The molecular formula is C16H12N2OS. The van der Waals surface area contributed by atoms with Crippen molar-refractivity contribution in [3.05, 3.63) is 71.6 Å². The molecule has 0 saturated heterocycles. The van der Waals surface area contributed by atoms with Crippen LogP contribution in [0.15, 0.2) is 66.0 Å². The smallest absolute Gasteiger partial charge is 0.257 e. The second kappa shape index (κ2) is 5.67. The van der Waals surface area contributed by atoms with Crippen molar-refractivity contribution in [3.63, 3.8) is 0 Å². The highest BCUT2D eigenvalue weighted by Crippen LogP contribution is 2.24. The van der Waals surface area contributed by atoms with Crippen LogP contribution in [0.25, 0.3) is 11.3 Å². The molecule has 3 aromatic rings. The number of nitrogens with one attached hydrogen (secondary N) is 1. The molecule has 98 valence electrons. The average molecular weight is 280 g/mol.